The van der Waals surface area contributed by atoms with Crippen LogP contribution in [0.25, 0.3) is 27.8 Å². The molecule has 0 unspecified atom stereocenters. The first-order valence-electron chi connectivity index (χ1n) is 12.4. The highest BCUT2D eigenvalue weighted by molar-refractivity contribution is 8.18. The van der Waals surface area contributed by atoms with Gasteiger partial charge in [-0.25, -0.2) is 0 Å². The van der Waals surface area contributed by atoms with Crippen molar-refractivity contribution in [3.8, 4) is 5.75 Å². The zero-order valence-electron chi connectivity index (χ0n) is 20.6. The van der Waals surface area contributed by atoms with Gasteiger partial charge >= 0.3 is 0 Å². The molecule has 0 saturated carbocycles. The van der Waals surface area contributed by atoms with Crippen molar-refractivity contribution in [3.05, 3.63) is 117 Å². The number of nitrogens with zero attached hydrogens (tertiary/aromatic N) is 2. The number of rotatable bonds is 7. The molecule has 1 aromatic heterocycles. The van der Waals surface area contributed by atoms with E-state index in [1.165, 1.54) is 4.90 Å². The van der Waals surface area contributed by atoms with Gasteiger partial charge < -0.3 is 9.30 Å². The van der Waals surface area contributed by atoms with Crippen LogP contribution in [-0.2, 0) is 11.3 Å². The van der Waals surface area contributed by atoms with Gasteiger partial charge in [-0.05, 0) is 53.1 Å². The summed E-state index contributed by atoms with van der Waals surface area (Å²) in [5.74, 6) is 0.410. The van der Waals surface area contributed by atoms with Crippen molar-refractivity contribution < 1.29 is 14.3 Å². The Morgan fingerprint density at radius 1 is 0.872 bits per heavy atom. The first-order chi connectivity index (χ1) is 19.0. The van der Waals surface area contributed by atoms with Gasteiger partial charge in [0.1, 0.15) is 12.4 Å². The van der Waals surface area contributed by atoms with Crippen LogP contribution in [0.4, 0.5) is 4.79 Å². The normalized spacial score (nSPS) is 14.7. The van der Waals surface area contributed by atoms with Gasteiger partial charge in [-0.1, -0.05) is 83.9 Å². The number of carbonyl (C=O) groups is 2. The minimum Gasteiger partial charge on any atom is -0.491 e. The first kappa shape index (κ1) is 25.6. The number of carbonyl (C=O) groups excluding carboxylic acids is 2. The summed E-state index contributed by atoms with van der Waals surface area (Å²) in [6.07, 6.45) is 3.77. The number of aromatic nitrogens is 1. The number of benzene rings is 4. The van der Waals surface area contributed by atoms with E-state index in [9.17, 15) is 9.59 Å². The average Bonchev–Trinajstić information content (AvgIpc) is 3.42. The Kier molecular flexibility index (Phi) is 7.09. The Balaban J connectivity index is 1.21. The lowest BCUT2D eigenvalue weighted by Gasteiger charge is -2.14. The predicted octanol–water partition coefficient (Wildman–Crippen LogP) is 8.26. The number of ether oxygens (including phenoxy) is 1. The van der Waals surface area contributed by atoms with Gasteiger partial charge in [-0.3, -0.25) is 14.5 Å². The molecule has 0 atom stereocenters. The third-order valence-electron chi connectivity index (χ3n) is 6.66. The summed E-state index contributed by atoms with van der Waals surface area (Å²) in [7, 11) is 0. The summed E-state index contributed by atoms with van der Waals surface area (Å²) in [5.41, 5.74) is 2.78. The molecule has 8 heteroatoms. The Bertz CT molecular complexity index is 1770. The van der Waals surface area contributed by atoms with Crippen molar-refractivity contribution in [1.82, 2.24) is 9.47 Å². The second-order valence-electron chi connectivity index (χ2n) is 9.12. The fourth-order valence-electron chi connectivity index (χ4n) is 4.76. The number of thioether (sulfide) groups is 1. The molecule has 0 bridgehead atoms. The molecule has 5 aromatic rings. The topological polar surface area (TPSA) is 51.5 Å². The summed E-state index contributed by atoms with van der Waals surface area (Å²) in [6.45, 7) is 0.917. The van der Waals surface area contributed by atoms with E-state index in [1.807, 2.05) is 85.1 Å². The highest BCUT2D eigenvalue weighted by atomic mass is 35.5. The highest BCUT2D eigenvalue weighted by Crippen LogP contribution is 2.35. The molecule has 1 aliphatic rings. The van der Waals surface area contributed by atoms with Gasteiger partial charge in [0.2, 0.25) is 0 Å². The Morgan fingerprint density at radius 3 is 2.49 bits per heavy atom. The van der Waals surface area contributed by atoms with Crippen LogP contribution in [0.1, 0.15) is 11.1 Å². The summed E-state index contributed by atoms with van der Waals surface area (Å²) >= 11 is 13.4. The zero-order valence-corrected chi connectivity index (χ0v) is 23.0. The number of halogens is 2. The Morgan fingerprint density at radius 2 is 1.64 bits per heavy atom. The van der Waals surface area contributed by atoms with Crippen molar-refractivity contribution in [1.29, 1.82) is 0 Å². The number of fused-ring (bicyclic) bond motifs is 2. The van der Waals surface area contributed by atoms with Crippen molar-refractivity contribution in [3.63, 3.8) is 0 Å². The van der Waals surface area contributed by atoms with Crippen LogP contribution in [0.15, 0.2) is 96.0 Å². The number of imide groups is 1. The summed E-state index contributed by atoms with van der Waals surface area (Å²) < 4.78 is 8.05. The quantitative estimate of drug-likeness (QED) is 0.184. The lowest BCUT2D eigenvalue weighted by atomic mass is 10.1. The lowest BCUT2D eigenvalue weighted by Crippen LogP contribution is -2.32. The minimum absolute atomic E-state index is 0.169. The van der Waals surface area contributed by atoms with E-state index in [1.54, 1.807) is 12.1 Å². The van der Waals surface area contributed by atoms with Crippen LogP contribution in [0.2, 0.25) is 10.0 Å². The molecule has 6 rings (SSSR count). The molecule has 1 saturated heterocycles. The second kappa shape index (κ2) is 10.8. The molecule has 0 spiro atoms. The first-order valence-corrected chi connectivity index (χ1v) is 13.9. The van der Waals surface area contributed by atoms with E-state index >= 15 is 0 Å². The molecule has 4 aromatic carbocycles. The maximum Gasteiger partial charge on any atom is 0.293 e. The maximum absolute atomic E-state index is 13.2. The largest absolute Gasteiger partial charge is 0.491 e. The fraction of sp³-hybridized carbons (Fsp3) is 0.0968. The zero-order chi connectivity index (χ0) is 26.9. The molecule has 2 heterocycles. The second-order valence-corrected chi connectivity index (χ2v) is 11.0. The third-order valence-corrected chi connectivity index (χ3v) is 8.15. The monoisotopic (exact) mass is 572 g/mol. The van der Waals surface area contributed by atoms with Crippen LogP contribution in [-0.4, -0.2) is 33.8 Å². The number of hydrogen-bond acceptors (Lipinski definition) is 4. The highest BCUT2D eigenvalue weighted by Gasteiger charge is 2.35. The summed E-state index contributed by atoms with van der Waals surface area (Å²) in [5, 5.41) is 3.92. The molecular formula is C31H22Cl2N2O3S. The van der Waals surface area contributed by atoms with Crippen LogP contribution in [0.3, 0.4) is 0 Å². The molecular weight excluding hydrogens is 551 g/mol. The number of hydrogen-bond donors (Lipinski definition) is 0. The maximum atomic E-state index is 13.2. The van der Waals surface area contributed by atoms with E-state index in [0.29, 0.717) is 21.5 Å². The standard InChI is InChI=1S/C31H22Cl2N2O3S/c32-23-13-12-21(26(33)17-23)18-34-19-22(24-8-3-4-10-27(24)34)16-29-30(36)35(31(37)39-29)14-15-38-28-11-5-7-20-6-1-2-9-25(20)28/h1-13,16-17,19H,14-15,18H2/b29-16-. The van der Waals surface area contributed by atoms with Gasteiger partial charge in [0.25, 0.3) is 11.1 Å². The molecule has 0 aliphatic carbocycles. The third kappa shape index (κ3) is 5.15. The van der Waals surface area contributed by atoms with Crippen molar-refractivity contribution in [2.45, 2.75) is 6.54 Å². The van der Waals surface area contributed by atoms with Gasteiger partial charge in [0.15, 0.2) is 0 Å². The van der Waals surface area contributed by atoms with E-state index in [-0.39, 0.29) is 24.3 Å². The van der Waals surface area contributed by atoms with Crippen LogP contribution >= 0.6 is 35.0 Å². The average molecular weight is 574 g/mol. The Labute approximate surface area is 239 Å². The van der Waals surface area contributed by atoms with E-state index in [0.717, 1.165) is 50.3 Å². The fourth-order valence-corrected chi connectivity index (χ4v) is 6.08. The molecule has 0 N–H and O–H groups in total. The van der Waals surface area contributed by atoms with Crippen LogP contribution in [0.5, 0.6) is 5.75 Å². The lowest BCUT2D eigenvalue weighted by molar-refractivity contribution is -0.123. The number of amides is 2. The van der Waals surface area contributed by atoms with Gasteiger partial charge in [0, 0.05) is 44.6 Å². The smallest absolute Gasteiger partial charge is 0.293 e. The molecule has 194 valence electrons. The summed E-state index contributed by atoms with van der Waals surface area (Å²) in [6, 6.07) is 27.2. The molecule has 0 radical (unpaired) electrons. The van der Waals surface area contributed by atoms with Crippen LogP contribution in [0, 0.1) is 0 Å². The van der Waals surface area contributed by atoms with E-state index < -0.39 is 0 Å². The SMILES string of the molecule is O=C1S/C(=C\c2cn(Cc3ccc(Cl)cc3Cl)c3ccccc23)C(=O)N1CCOc1cccc2ccccc12. The van der Waals surface area contributed by atoms with Gasteiger partial charge in [-0.2, -0.15) is 0 Å². The molecule has 5 nitrogen and oxygen atoms in total. The summed E-state index contributed by atoms with van der Waals surface area (Å²) in [4.78, 5) is 27.6. The van der Waals surface area contributed by atoms with E-state index in [4.69, 9.17) is 27.9 Å². The minimum atomic E-state index is -0.316. The van der Waals surface area contributed by atoms with Crippen molar-refractivity contribution in [2.75, 3.05) is 13.2 Å². The molecule has 1 fully saturated rings. The number of para-hydroxylation sites is 1. The van der Waals surface area contributed by atoms with Crippen LogP contribution < -0.4 is 4.74 Å². The van der Waals surface area contributed by atoms with Crippen molar-refractivity contribution in [2.24, 2.45) is 0 Å². The van der Waals surface area contributed by atoms with Gasteiger partial charge in [-0.15, -0.1) is 0 Å². The van der Waals surface area contributed by atoms with Gasteiger partial charge in [0.05, 0.1) is 11.4 Å². The molecule has 39 heavy (non-hydrogen) atoms. The Hall–Kier alpha value is -3.71. The molecule has 1 aliphatic heterocycles. The van der Waals surface area contributed by atoms with E-state index in [2.05, 4.69) is 4.57 Å². The van der Waals surface area contributed by atoms with Crippen molar-refractivity contribution >= 4 is 73.9 Å². The molecule has 2 amide bonds. The predicted molar refractivity (Wildman–Crippen MR) is 160 cm³/mol.